The van der Waals surface area contributed by atoms with Gasteiger partial charge in [0.25, 0.3) is 0 Å². The third kappa shape index (κ3) is 2.25. The molecular weight excluding hydrogens is 244 g/mol. The van der Waals surface area contributed by atoms with Crippen LogP contribution in [0.3, 0.4) is 0 Å². The fourth-order valence-electron chi connectivity index (χ4n) is 1.85. The molecule has 1 aliphatic rings. The Morgan fingerprint density at radius 3 is 2.71 bits per heavy atom. The van der Waals surface area contributed by atoms with Crippen molar-refractivity contribution in [3.8, 4) is 5.75 Å². The van der Waals surface area contributed by atoms with Gasteiger partial charge in [-0.25, -0.2) is 13.6 Å². The van der Waals surface area contributed by atoms with Crippen LogP contribution in [0.5, 0.6) is 5.75 Å². The number of sulfonamides is 1. The predicted molar refractivity (Wildman–Crippen MR) is 59.9 cm³/mol. The summed E-state index contributed by atoms with van der Waals surface area (Å²) in [5.74, 6) is -0.547. The summed E-state index contributed by atoms with van der Waals surface area (Å²) in [6, 6.07) is 4.18. The molecule has 1 unspecified atom stereocenters. The smallest absolute Gasteiger partial charge is 0.238 e. The van der Waals surface area contributed by atoms with Crippen LogP contribution in [-0.2, 0) is 14.8 Å². The second kappa shape index (κ2) is 4.01. The van der Waals surface area contributed by atoms with E-state index in [2.05, 4.69) is 0 Å². The van der Waals surface area contributed by atoms with Crippen molar-refractivity contribution in [1.82, 2.24) is 0 Å². The average molecular weight is 256 g/mol. The SMILES string of the molecule is NC(=O)C1CCOc2ccc(S(N)(=O)=O)cc21. The van der Waals surface area contributed by atoms with Crippen LogP contribution in [0.25, 0.3) is 0 Å². The zero-order valence-corrected chi connectivity index (χ0v) is 9.74. The van der Waals surface area contributed by atoms with Crippen molar-refractivity contribution in [3.05, 3.63) is 23.8 Å². The Hall–Kier alpha value is -1.60. The number of primary amides is 1. The van der Waals surface area contributed by atoms with Crippen molar-refractivity contribution in [3.63, 3.8) is 0 Å². The van der Waals surface area contributed by atoms with E-state index in [1.165, 1.54) is 18.2 Å². The zero-order valence-electron chi connectivity index (χ0n) is 8.92. The lowest BCUT2D eigenvalue weighted by Crippen LogP contribution is -2.27. The van der Waals surface area contributed by atoms with Gasteiger partial charge in [-0.2, -0.15) is 0 Å². The van der Waals surface area contributed by atoms with Crippen LogP contribution in [0.2, 0.25) is 0 Å². The molecule has 0 aromatic heterocycles. The van der Waals surface area contributed by atoms with E-state index < -0.39 is 21.8 Å². The van der Waals surface area contributed by atoms with Gasteiger partial charge in [-0.05, 0) is 24.6 Å². The first kappa shape index (κ1) is 11.9. The maximum atomic E-state index is 11.3. The lowest BCUT2D eigenvalue weighted by atomic mass is 9.93. The van der Waals surface area contributed by atoms with E-state index in [9.17, 15) is 13.2 Å². The van der Waals surface area contributed by atoms with Crippen molar-refractivity contribution in [2.24, 2.45) is 10.9 Å². The number of amides is 1. The molecule has 17 heavy (non-hydrogen) atoms. The normalized spacial score (nSPS) is 19.2. The van der Waals surface area contributed by atoms with Crippen LogP contribution in [-0.4, -0.2) is 20.9 Å². The number of hydrogen-bond donors (Lipinski definition) is 2. The van der Waals surface area contributed by atoms with Crippen molar-refractivity contribution in [2.75, 3.05) is 6.61 Å². The van der Waals surface area contributed by atoms with Crippen molar-refractivity contribution in [1.29, 1.82) is 0 Å². The van der Waals surface area contributed by atoms with E-state index in [4.69, 9.17) is 15.6 Å². The Morgan fingerprint density at radius 1 is 1.41 bits per heavy atom. The average Bonchev–Trinajstić information content (AvgIpc) is 2.26. The minimum atomic E-state index is -3.79. The van der Waals surface area contributed by atoms with E-state index in [1.807, 2.05) is 0 Å². The molecule has 92 valence electrons. The van der Waals surface area contributed by atoms with Gasteiger partial charge in [0.2, 0.25) is 15.9 Å². The van der Waals surface area contributed by atoms with Crippen LogP contribution in [0.1, 0.15) is 17.9 Å². The van der Waals surface area contributed by atoms with Gasteiger partial charge in [0, 0.05) is 5.56 Å². The summed E-state index contributed by atoms with van der Waals surface area (Å²) in [6.45, 7) is 0.384. The highest BCUT2D eigenvalue weighted by atomic mass is 32.2. The molecular formula is C10H12N2O4S. The monoisotopic (exact) mass is 256 g/mol. The number of carbonyl (C=O) groups excluding carboxylic acids is 1. The molecule has 0 saturated carbocycles. The summed E-state index contributed by atoms with van der Waals surface area (Å²) in [4.78, 5) is 11.2. The largest absolute Gasteiger partial charge is 0.493 e. The first-order valence-corrected chi connectivity index (χ1v) is 6.53. The minimum Gasteiger partial charge on any atom is -0.493 e. The number of primary sulfonamides is 1. The molecule has 1 aliphatic heterocycles. The number of ether oxygens (including phenoxy) is 1. The van der Waals surface area contributed by atoms with Gasteiger partial charge in [0.15, 0.2) is 0 Å². The summed E-state index contributed by atoms with van der Waals surface area (Å²) in [5.41, 5.74) is 5.75. The highest BCUT2D eigenvalue weighted by Crippen LogP contribution is 2.34. The summed E-state index contributed by atoms with van der Waals surface area (Å²) in [5, 5.41) is 5.03. The van der Waals surface area contributed by atoms with Crippen molar-refractivity contribution < 1.29 is 17.9 Å². The van der Waals surface area contributed by atoms with Crippen LogP contribution >= 0.6 is 0 Å². The highest BCUT2D eigenvalue weighted by Gasteiger charge is 2.27. The molecule has 7 heteroatoms. The van der Waals surface area contributed by atoms with E-state index in [0.29, 0.717) is 24.3 Å². The lowest BCUT2D eigenvalue weighted by molar-refractivity contribution is -0.120. The number of nitrogens with two attached hydrogens (primary N) is 2. The zero-order chi connectivity index (χ0) is 12.6. The van der Waals surface area contributed by atoms with Crippen molar-refractivity contribution >= 4 is 15.9 Å². The topological polar surface area (TPSA) is 112 Å². The minimum absolute atomic E-state index is 0.0481. The molecule has 1 heterocycles. The molecule has 1 aromatic carbocycles. The number of fused-ring (bicyclic) bond motifs is 1. The summed E-state index contributed by atoms with van der Waals surface area (Å²) in [7, 11) is -3.79. The number of rotatable bonds is 2. The quantitative estimate of drug-likeness (QED) is 0.755. The Bertz CT molecular complexity index is 568. The fraction of sp³-hybridized carbons (Fsp3) is 0.300. The van der Waals surface area contributed by atoms with Crippen molar-refractivity contribution in [2.45, 2.75) is 17.2 Å². The maximum absolute atomic E-state index is 11.3. The van der Waals surface area contributed by atoms with Crippen LogP contribution < -0.4 is 15.6 Å². The number of carbonyl (C=O) groups is 1. The van der Waals surface area contributed by atoms with E-state index in [0.717, 1.165) is 0 Å². The van der Waals surface area contributed by atoms with Gasteiger partial charge in [-0.3, -0.25) is 4.79 Å². The molecule has 0 saturated heterocycles. The molecule has 0 spiro atoms. The number of benzene rings is 1. The Balaban J connectivity index is 2.55. The molecule has 2 rings (SSSR count). The lowest BCUT2D eigenvalue weighted by Gasteiger charge is -2.23. The van der Waals surface area contributed by atoms with Gasteiger partial charge in [0.05, 0.1) is 17.4 Å². The van der Waals surface area contributed by atoms with Gasteiger partial charge in [-0.15, -0.1) is 0 Å². The first-order chi connectivity index (χ1) is 7.89. The molecule has 1 atom stereocenters. The molecule has 0 radical (unpaired) electrons. The molecule has 6 nitrogen and oxygen atoms in total. The molecule has 0 aliphatic carbocycles. The van der Waals surface area contributed by atoms with E-state index >= 15 is 0 Å². The molecule has 4 N–H and O–H groups in total. The third-order valence-electron chi connectivity index (χ3n) is 2.69. The van der Waals surface area contributed by atoms with Gasteiger partial charge in [-0.1, -0.05) is 0 Å². The maximum Gasteiger partial charge on any atom is 0.238 e. The predicted octanol–water partition coefficient (Wildman–Crippen LogP) is -0.315. The van der Waals surface area contributed by atoms with Gasteiger partial charge < -0.3 is 10.5 Å². The van der Waals surface area contributed by atoms with Crippen LogP contribution in [0.4, 0.5) is 0 Å². The molecule has 1 amide bonds. The Kier molecular flexibility index (Phi) is 2.80. The summed E-state index contributed by atoms with van der Waals surface area (Å²) >= 11 is 0. The molecule has 1 aromatic rings. The second-order valence-electron chi connectivity index (χ2n) is 3.84. The standard InChI is InChI=1S/C10H12N2O4S/c11-10(13)7-3-4-16-9-2-1-6(5-8(7)9)17(12,14)15/h1-2,5,7H,3-4H2,(H2,11,13)(H2,12,14,15). The third-order valence-corrected chi connectivity index (χ3v) is 3.60. The van der Waals surface area contributed by atoms with Crippen LogP contribution in [0.15, 0.2) is 23.1 Å². The Labute approximate surface area is 98.6 Å². The summed E-state index contributed by atoms with van der Waals surface area (Å²) in [6.07, 6.45) is 0.441. The Morgan fingerprint density at radius 2 is 2.12 bits per heavy atom. The number of hydrogen-bond acceptors (Lipinski definition) is 4. The fourth-order valence-corrected chi connectivity index (χ4v) is 2.39. The van der Waals surface area contributed by atoms with E-state index in [1.54, 1.807) is 0 Å². The second-order valence-corrected chi connectivity index (χ2v) is 5.40. The first-order valence-electron chi connectivity index (χ1n) is 4.98. The highest BCUT2D eigenvalue weighted by molar-refractivity contribution is 7.89. The van der Waals surface area contributed by atoms with Gasteiger partial charge >= 0.3 is 0 Å². The summed E-state index contributed by atoms with van der Waals surface area (Å²) < 4.78 is 27.8. The molecule has 0 bridgehead atoms. The van der Waals surface area contributed by atoms with Crippen LogP contribution in [0, 0.1) is 0 Å². The molecule has 0 fully saturated rings. The van der Waals surface area contributed by atoms with E-state index in [-0.39, 0.29) is 4.90 Å². The van der Waals surface area contributed by atoms with Gasteiger partial charge in [0.1, 0.15) is 5.75 Å².